The van der Waals surface area contributed by atoms with Gasteiger partial charge >= 0.3 is 0 Å². The van der Waals surface area contributed by atoms with Crippen LogP contribution in [0.1, 0.15) is 18.0 Å². The zero-order valence-corrected chi connectivity index (χ0v) is 10.8. The number of alkyl halides is 2. The van der Waals surface area contributed by atoms with E-state index in [0.717, 1.165) is 5.56 Å². The van der Waals surface area contributed by atoms with E-state index in [1.165, 1.54) is 6.20 Å². The molecule has 0 fully saturated rings. The average molecular weight is 280 g/mol. The number of nitrogen functional groups attached to an aromatic ring is 1. The Morgan fingerprint density at radius 1 is 1.56 bits per heavy atom. The number of nitrogens with zero attached hydrogens (tertiary/aromatic N) is 1. The Morgan fingerprint density at radius 3 is 2.89 bits per heavy atom. The number of nitrogens with one attached hydrogen (secondary N) is 1. The van der Waals surface area contributed by atoms with E-state index in [1.54, 1.807) is 13.1 Å². The number of halogens is 3. The lowest BCUT2D eigenvalue weighted by molar-refractivity contribution is 0.0145. The van der Waals surface area contributed by atoms with Crippen molar-refractivity contribution in [2.45, 2.75) is 18.9 Å². The van der Waals surface area contributed by atoms with Crippen molar-refractivity contribution in [2.75, 3.05) is 26.0 Å². The molecule has 1 aromatic rings. The van der Waals surface area contributed by atoms with Crippen LogP contribution >= 0.6 is 11.6 Å². The number of hydrogen-bond donors (Lipinski definition) is 2. The fourth-order valence-electron chi connectivity index (χ4n) is 1.57. The molecule has 0 amide bonds. The first-order valence-corrected chi connectivity index (χ1v) is 5.86. The first-order chi connectivity index (χ1) is 8.54. The fraction of sp³-hybridized carbons (Fsp3) is 0.545. The van der Waals surface area contributed by atoms with Gasteiger partial charge in [0.15, 0.2) is 0 Å². The van der Waals surface area contributed by atoms with Gasteiger partial charge in [0.1, 0.15) is 12.4 Å². The van der Waals surface area contributed by atoms with Crippen molar-refractivity contribution in [3.8, 4) is 0 Å². The molecule has 3 N–H and O–H groups in total. The highest BCUT2D eigenvalue weighted by Crippen LogP contribution is 2.24. The molecule has 0 aliphatic rings. The minimum Gasteiger partial charge on any atom is -0.383 e. The number of anilines is 1. The molecule has 0 bridgehead atoms. The van der Waals surface area contributed by atoms with Crippen LogP contribution in [0.15, 0.2) is 12.3 Å². The van der Waals surface area contributed by atoms with E-state index in [4.69, 9.17) is 22.1 Å². The first-order valence-electron chi connectivity index (χ1n) is 5.48. The van der Waals surface area contributed by atoms with E-state index in [9.17, 15) is 8.78 Å². The van der Waals surface area contributed by atoms with Crippen molar-refractivity contribution in [3.05, 3.63) is 22.8 Å². The van der Waals surface area contributed by atoms with Crippen molar-refractivity contribution in [2.24, 2.45) is 0 Å². The van der Waals surface area contributed by atoms with Crippen LogP contribution < -0.4 is 11.1 Å². The molecule has 102 valence electrons. The molecule has 18 heavy (non-hydrogen) atoms. The highest BCUT2D eigenvalue weighted by molar-refractivity contribution is 6.30. The molecule has 0 spiro atoms. The molecule has 1 unspecified atom stereocenters. The Hall–Kier alpha value is -0.980. The molecule has 7 heteroatoms. The van der Waals surface area contributed by atoms with Gasteiger partial charge in [0.25, 0.3) is 6.43 Å². The van der Waals surface area contributed by atoms with Gasteiger partial charge in [-0.25, -0.2) is 13.8 Å². The molecule has 1 rings (SSSR count). The summed E-state index contributed by atoms with van der Waals surface area (Å²) >= 11 is 5.84. The van der Waals surface area contributed by atoms with Crippen molar-refractivity contribution in [1.82, 2.24) is 10.3 Å². The van der Waals surface area contributed by atoms with Crippen LogP contribution in [0.3, 0.4) is 0 Å². The SMILES string of the molecule is CNC(CCOCC(F)F)c1cc(Cl)cnc1N. The summed E-state index contributed by atoms with van der Waals surface area (Å²) in [6.45, 7) is -0.346. The van der Waals surface area contributed by atoms with Crippen LogP contribution in [0.4, 0.5) is 14.6 Å². The summed E-state index contributed by atoms with van der Waals surface area (Å²) in [5.74, 6) is 0.368. The maximum absolute atomic E-state index is 11.9. The van der Waals surface area contributed by atoms with Gasteiger partial charge in [-0.2, -0.15) is 0 Å². The highest BCUT2D eigenvalue weighted by atomic mass is 35.5. The largest absolute Gasteiger partial charge is 0.383 e. The molecule has 0 saturated heterocycles. The van der Waals surface area contributed by atoms with E-state index >= 15 is 0 Å². The van der Waals surface area contributed by atoms with Gasteiger partial charge in [-0.1, -0.05) is 11.6 Å². The third-order valence-electron chi connectivity index (χ3n) is 2.43. The number of rotatable bonds is 7. The van der Waals surface area contributed by atoms with Crippen LogP contribution in [0.25, 0.3) is 0 Å². The Bertz CT molecular complexity index is 379. The summed E-state index contributed by atoms with van der Waals surface area (Å²) in [4.78, 5) is 3.95. The molecule has 1 heterocycles. The second kappa shape index (κ2) is 7.45. The van der Waals surface area contributed by atoms with Gasteiger partial charge in [0, 0.05) is 24.4 Å². The second-order valence-electron chi connectivity index (χ2n) is 3.72. The molecular formula is C11H16ClF2N3O. The molecule has 4 nitrogen and oxygen atoms in total. The topological polar surface area (TPSA) is 60.2 Å². The summed E-state index contributed by atoms with van der Waals surface area (Å²) in [5.41, 5.74) is 6.49. The lowest BCUT2D eigenvalue weighted by atomic mass is 10.1. The van der Waals surface area contributed by atoms with E-state index in [2.05, 4.69) is 10.3 Å². The van der Waals surface area contributed by atoms with E-state index < -0.39 is 13.0 Å². The van der Waals surface area contributed by atoms with E-state index in [-0.39, 0.29) is 12.6 Å². The molecule has 0 radical (unpaired) electrons. The van der Waals surface area contributed by atoms with Gasteiger partial charge in [-0.05, 0) is 19.5 Å². The molecule has 0 aromatic carbocycles. The standard InChI is InChI=1S/C11H16ClF2N3O/c1-16-9(2-3-18-6-10(13)14)8-4-7(12)5-17-11(8)15/h4-5,9-10,16H,2-3,6H2,1H3,(H2,15,17). The van der Waals surface area contributed by atoms with Crippen molar-refractivity contribution in [1.29, 1.82) is 0 Å². The maximum Gasteiger partial charge on any atom is 0.261 e. The Kier molecular flexibility index (Phi) is 6.24. The Balaban J connectivity index is 2.57. The lowest BCUT2D eigenvalue weighted by Crippen LogP contribution is -2.20. The van der Waals surface area contributed by atoms with Crippen LogP contribution in [0, 0.1) is 0 Å². The Morgan fingerprint density at radius 2 is 2.28 bits per heavy atom. The average Bonchev–Trinajstić information content (AvgIpc) is 2.33. The van der Waals surface area contributed by atoms with Crippen LogP contribution in [-0.2, 0) is 4.74 Å². The summed E-state index contributed by atoms with van der Waals surface area (Å²) in [6.07, 6.45) is -0.480. The van der Waals surface area contributed by atoms with Crippen molar-refractivity contribution >= 4 is 17.4 Å². The number of pyridine rings is 1. The minimum absolute atomic E-state index is 0.131. The van der Waals surface area contributed by atoms with Crippen LogP contribution in [-0.4, -0.2) is 31.7 Å². The van der Waals surface area contributed by atoms with Gasteiger partial charge in [-0.15, -0.1) is 0 Å². The van der Waals surface area contributed by atoms with Crippen molar-refractivity contribution < 1.29 is 13.5 Å². The van der Waals surface area contributed by atoms with E-state index in [0.29, 0.717) is 17.3 Å². The van der Waals surface area contributed by atoms with Crippen molar-refractivity contribution in [3.63, 3.8) is 0 Å². The molecule has 0 saturated carbocycles. The zero-order valence-electron chi connectivity index (χ0n) is 10.00. The first kappa shape index (κ1) is 15.1. The normalized spacial score (nSPS) is 12.9. The summed E-state index contributed by atoms with van der Waals surface area (Å²) in [6, 6.07) is 1.58. The Labute approximate surface area is 109 Å². The molecule has 1 atom stereocenters. The lowest BCUT2D eigenvalue weighted by Gasteiger charge is -2.18. The fourth-order valence-corrected chi connectivity index (χ4v) is 1.74. The number of hydrogen-bond acceptors (Lipinski definition) is 4. The maximum atomic E-state index is 11.9. The smallest absolute Gasteiger partial charge is 0.261 e. The van der Waals surface area contributed by atoms with Crippen LogP contribution in [0.2, 0.25) is 5.02 Å². The van der Waals surface area contributed by atoms with Gasteiger partial charge in [0.2, 0.25) is 0 Å². The molecule has 0 aliphatic heterocycles. The monoisotopic (exact) mass is 279 g/mol. The predicted octanol–water partition coefficient (Wildman–Crippen LogP) is 2.25. The predicted molar refractivity (Wildman–Crippen MR) is 66.9 cm³/mol. The summed E-state index contributed by atoms with van der Waals surface area (Å²) in [7, 11) is 1.75. The van der Waals surface area contributed by atoms with Gasteiger partial charge in [-0.3, -0.25) is 0 Å². The molecule has 1 aromatic heterocycles. The van der Waals surface area contributed by atoms with Gasteiger partial charge in [0.05, 0.1) is 5.02 Å². The molecule has 0 aliphatic carbocycles. The molecular weight excluding hydrogens is 264 g/mol. The zero-order chi connectivity index (χ0) is 13.5. The third-order valence-corrected chi connectivity index (χ3v) is 2.64. The second-order valence-corrected chi connectivity index (χ2v) is 4.16. The quantitative estimate of drug-likeness (QED) is 0.752. The number of ether oxygens (including phenoxy) is 1. The number of nitrogens with two attached hydrogens (primary N) is 1. The minimum atomic E-state index is -2.45. The highest BCUT2D eigenvalue weighted by Gasteiger charge is 2.14. The van der Waals surface area contributed by atoms with E-state index in [1.807, 2.05) is 0 Å². The summed E-state index contributed by atoms with van der Waals surface area (Å²) < 4.78 is 28.6. The third kappa shape index (κ3) is 4.72. The summed E-state index contributed by atoms with van der Waals surface area (Å²) in [5, 5.41) is 3.51. The van der Waals surface area contributed by atoms with Crippen LogP contribution in [0.5, 0.6) is 0 Å². The van der Waals surface area contributed by atoms with Gasteiger partial charge < -0.3 is 15.8 Å². The number of aromatic nitrogens is 1.